The van der Waals surface area contributed by atoms with E-state index >= 15 is 0 Å². The predicted molar refractivity (Wildman–Crippen MR) is 69.3 cm³/mol. The summed E-state index contributed by atoms with van der Waals surface area (Å²) in [6.07, 6.45) is 0.153. The number of aromatic nitrogens is 1. The maximum absolute atomic E-state index is 5.79. The molecule has 0 spiro atoms. The number of hydrogen-bond donors (Lipinski definition) is 1. The molecule has 1 unspecified atom stereocenters. The van der Waals surface area contributed by atoms with Crippen LogP contribution in [0.15, 0.2) is 12.1 Å². The van der Waals surface area contributed by atoms with E-state index in [1.54, 1.807) is 12.1 Å². The smallest absolute Gasteiger partial charge is 0.240 e. The molecule has 0 amide bonds. The van der Waals surface area contributed by atoms with Crippen LogP contribution in [0.1, 0.15) is 34.6 Å². The van der Waals surface area contributed by atoms with Crippen LogP contribution in [-0.4, -0.2) is 17.2 Å². The number of nitrogens with zero attached hydrogens (tertiary/aromatic N) is 1. The summed E-state index contributed by atoms with van der Waals surface area (Å²) in [5, 5.41) is 0. The maximum Gasteiger partial charge on any atom is 0.240 e. The molecule has 0 radical (unpaired) electrons. The van der Waals surface area contributed by atoms with Gasteiger partial charge < -0.3 is 15.2 Å². The van der Waals surface area contributed by atoms with Gasteiger partial charge in [0.25, 0.3) is 0 Å². The second-order valence-corrected chi connectivity index (χ2v) is 4.78. The highest BCUT2D eigenvalue weighted by molar-refractivity contribution is 5.49. The van der Waals surface area contributed by atoms with Crippen molar-refractivity contribution < 1.29 is 9.47 Å². The average molecular weight is 238 g/mol. The first-order valence-corrected chi connectivity index (χ1v) is 6.00. The summed E-state index contributed by atoms with van der Waals surface area (Å²) in [6.45, 7) is 10.1. The van der Waals surface area contributed by atoms with E-state index in [2.05, 4.69) is 18.8 Å². The Morgan fingerprint density at radius 2 is 1.71 bits per heavy atom. The number of nitrogens with two attached hydrogens (primary N) is 1. The second-order valence-electron chi connectivity index (χ2n) is 4.78. The third kappa shape index (κ3) is 4.13. The molecule has 2 N–H and O–H groups in total. The van der Waals surface area contributed by atoms with Crippen LogP contribution in [0.5, 0.6) is 11.8 Å². The van der Waals surface area contributed by atoms with Gasteiger partial charge in [-0.15, -0.1) is 0 Å². The molecule has 0 bridgehead atoms. The lowest BCUT2D eigenvalue weighted by atomic mass is 10.1. The average Bonchev–Trinajstić information content (AvgIpc) is 2.22. The minimum atomic E-state index is 0.0440. The normalized spacial score (nSPS) is 12.9. The van der Waals surface area contributed by atoms with Crippen LogP contribution in [-0.2, 0) is 0 Å². The number of nitrogen functional groups attached to an aromatic ring is 1. The molecule has 0 aliphatic heterocycles. The largest absolute Gasteiger partial charge is 0.474 e. The molecule has 1 heterocycles. The van der Waals surface area contributed by atoms with E-state index in [0.29, 0.717) is 23.4 Å². The van der Waals surface area contributed by atoms with Crippen LogP contribution in [0.2, 0.25) is 0 Å². The molecule has 4 heteroatoms. The summed E-state index contributed by atoms with van der Waals surface area (Å²) < 4.78 is 11.2. The molecule has 0 aliphatic carbocycles. The summed E-state index contributed by atoms with van der Waals surface area (Å²) in [7, 11) is 0. The van der Waals surface area contributed by atoms with Crippen LogP contribution in [0, 0.1) is 5.92 Å². The number of rotatable bonds is 5. The zero-order valence-corrected chi connectivity index (χ0v) is 11.2. The molecular formula is C13H22N2O2. The van der Waals surface area contributed by atoms with Gasteiger partial charge in [0.2, 0.25) is 11.8 Å². The van der Waals surface area contributed by atoms with Crippen molar-refractivity contribution in [1.29, 1.82) is 0 Å². The Labute approximate surface area is 103 Å². The molecule has 96 valence electrons. The van der Waals surface area contributed by atoms with Gasteiger partial charge in [0.15, 0.2) is 0 Å². The van der Waals surface area contributed by atoms with E-state index in [1.165, 1.54) is 0 Å². The monoisotopic (exact) mass is 238 g/mol. The Kier molecular flexibility index (Phi) is 4.61. The van der Waals surface area contributed by atoms with Crippen LogP contribution in [0.25, 0.3) is 0 Å². The second kappa shape index (κ2) is 5.75. The van der Waals surface area contributed by atoms with Gasteiger partial charge in [-0.2, -0.15) is 4.98 Å². The number of pyridine rings is 1. The number of hydrogen-bond acceptors (Lipinski definition) is 4. The first kappa shape index (κ1) is 13.6. The number of anilines is 1. The fourth-order valence-electron chi connectivity index (χ4n) is 1.14. The van der Waals surface area contributed by atoms with E-state index in [1.807, 2.05) is 20.8 Å². The predicted octanol–water partition coefficient (Wildman–Crippen LogP) is 2.87. The molecule has 0 aromatic carbocycles. The first-order valence-electron chi connectivity index (χ1n) is 6.00. The Bertz CT molecular complexity index is 364. The van der Waals surface area contributed by atoms with Gasteiger partial charge in [-0.25, -0.2) is 0 Å². The van der Waals surface area contributed by atoms with E-state index in [9.17, 15) is 0 Å². The lowest BCUT2D eigenvalue weighted by Gasteiger charge is -2.18. The van der Waals surface area contributed by atoms with E-state index < -0.39 is 0 Å². The Morgan fingerprint density at radius 3 is 2.24 bits per heavy atom. The lowest BCUT2D eigenvalue weighted by molar-refractivity contribution is 0.159. The molecule has 1 aromatic rings. The standard InChI is InChI=1S/C13H22N2O2/c1-8(2)10(5)17-12-7-6-11(14)13(15-12)16-9(3)4/h6-10H,14H2,1-5H3. The van der Waals surface area contributed by atoms with Gasteiger partial charge in [0.1, 0.15) is 0 Å². The van der Waals surface area contributed by atoms with Crippen molar-refractivity contribution in [1.82, 2.24) is 4.98 Å². The summed E-state index contributed by atoms with van der Waals surface area (Å²) in [5.41, 5.74) is 6.32. The van der Waals surface area contributed by atoms with Crippen molar-refractivity contribution in [3.8, 4) is 11.8 Å². The Balaban J connectivity index is 2.81. The first-order chi connectivity index (χ1) is 7.90. The van der Waals surface area contributed by atoms with Crippen LogP contribution < -0.4 is 15.2 Å². The molecule has 0 saturated heterocycles. The fourth-order valence-corrected chi connectivity index (χ4v) is 1.14. The topological polar surface area (TPSA) is 57.4 Å². The summed E-state index contributed by atoms with van der Waals surface area (Å²) in [5.74, 6) is 1.42. The molecule has 17 heavy (non-hydrogen) atoms. The SMILES string of the molecule is CC(C)Oc1nc(OC(C)C(C)C)ccc1N. The highest BCUT2D eigenvalue weighted by atomic mass is 16.5. The molecule has 0 fully saturated rings. The van der Waals surface area contributed by atoms with Gasteiger partial charge in [0, 0.05) is 6.07 Å². The molecule has 4 nitrogen and oxygen atoms in total. The van der Waals surface area contributed by atoms with Crippen molar-refractivity contribution in [2.24, 2.45) is 5.92 Å². The van der Waals surface area contributed by atoms with E-state index in [-0.39, 0.29) is 12.2 Å². The molecule has 1 aromatic heterocycles. The summed E-state index contributed by atoms with van der Waals surface area (Å²) >= 11 is 0. The van der Waals surface area contributed by atoms with Gasteiger partial charge in [-0.3, -0.25) is 0 Å². The molecule has 0 aliphatic rings. The quantitative estimate of drug-likeness (QED) is 0.857. The van der Waals surface area contributed by atoms with Gasteiger partial charge in [-0.1, -0.05) is 13.8 Å². The van der Waals surface area contributed by atoms with Crippen molar-refractivity contribution in [3.63, 3.8) is 0 Å². The van der Waals surface area contributed by atoms with Gasteiger partial charge in [0.05, 0.1) is 17.9 Å². The zero-order chi connectivity index (χ0) is 13.0. The summed E-state index contributed by atoms with van der Waals surface area (Å²) in [6, 6.07) is 3.52. The molecule has 1 rings (SSSR count). The highest BCUT2D eigenvalue weighted by Gasteiger charge is 2.12. The Morgan fingerprint density at radius 1 is 1.06 bits per heavy atom. The van der Waals surface area contributed by atoms with Crippen molar-refractivity contribution >= 4 is 5.69 Å². The summed E-state index contributed by atoms with van der Waals surface area (Å²) in [4.78, 5) is 4.27. The van der Waals surface area contributed by atoms with Crippen molar-refractivity contribution in [2.45, 2.75) is 46.8 Å². The van der Waals surface area contributed by atoms with Crippen LogP contribution >= 0.6 is 0 Å². The minimum Gasteiger partial charge on any atom is -0.474 e. The third-order valence-corrected chi connectivity index (χ3v) is 2.46. The zero-order valence-electron chi connectivity index (χ0n) is 11.2. The third-order valence-electron chi connectivity index (χ3n) is 2.46. The van der Waals surface area contributed by atoms with Gasteiger partial charge >= 0.3 is 0 Å². The number of ether oxygens (including phenoxy) is 2. The minimum absolute atomic E-state index is 0.0440. The highest BCUT2D eigenvalue weighted by Crippen LogP contribution is 2.24. The molecule has 0 saturated carbocycles. The molecular weight excluding hydrogens is 216 g/mol. The maximum atomic E-state index is 5.79. The van der Waals surface area contributed by atoms with E-state index in [4.69, 9.17) is 15.2 Å². The van der Waals surface area contributed by atoms with E-state index in [0.717, 1.165) is 0 Å². The lowest BCUT2D eigenvalue weighted by Crippen LogP contribution is -2.19. The van der Waals surface area contributed by atoms with Crippen LogP contribution in [0.3, 0.4) is 0 Å². The van der Waals surface area contributed by atoms with Crippen molar-refractivity contribution in [3.05, 3.63) is 12.1 Å². The molecule has 1 atom stereocenters. The van der Waals surface area contributed by atoms with Gasteiger partial charge in [-0.05, 0) is 32.8 Å². The van der Waals surface area contributed by atoms with Crippen LogP contribution in [0.4, 0.5) is 5.69 Å². The van der Waals surface area contributed by atoms with Crippen molar-refractivity contribution in [2.75, 3.05) is 5.73 Å². The Hall–Kier alpha value is -1.45. The fraction of sp³-hybridized carbons (Fsp3) is 0.615.